The number of ether oxygens (including phenoxy) is 1. The van der Waals surface area contributed by atoms with Gasteiger partial charge >= 0.3 is 0 Å². The number of carbonyl (C=O) groups is 3. The van der Waals surface area contributed by atoms with E-state index in [0.29, 0.717) is 28.3 Å². The van der Waals surface area contributed by atoms with Gasteiger partial charge in [0.25, 0.3) is 11.8 Å². The van der Waals surface area contributed by atoms with Crippen molar-refractivity contribution in [2.75, 3.05) is 43.1 Å². The second kappa shape index (κ2) is 11.7. The van der Waals surface area contributed by atoms with Gasteiger partial charge in [-0.25, -0.2) is 4.39 Å². The van der Waals surface area contributed by atoms with E-state index in [1.807, 2.05) is 0 Å². The van der Waals surface area contributed by atoms with E-state index in [1.165, 1.54) is 28.4 Å². The fourth-order valence-corrected chi connectivity index (χ4v) is 5.19. The number of hydrogen-bond acceptors (Lipinski definition) is 6. The first kappa shape index (κ1) is 26.5. The number of halogens is 2. The van der Waals surface area contributed by atoms with Gasteiger partial charge in [-0.3, -0.25) is 19.3 Å². The van der Waals surface area contributed by atoms with Gasteiger partial charge in [0.1, 0.15) is 18.5 Å². The summed E-state index contributed by atoms with van der Waals surface area (Å²) in [7, 11) is 0. The highest BCUT2D eigenvalue weighted by molar-refractivity contribution is 7.18. The highest BCUT2D eigenvalue weighted by Crippen LogP contribution is 2.30. The molecule has 11 heteroatoms. The van der Waals surface area contributed by atoms with E-state index >= 15 is 0 Å². The van der Waals surface area contributed by atoms with Gasteiger partial charge in [0.15, 0.2) is 0 Å². The molecule has 2 aliphatic rings. The molecular weight excluding hydrogens is 507 g/mol. The third-order valence-corrected chi connectivity index (χ3v) is 7.27. The maximum Gasteiger partial charge on any atom is 0.261 e. The van der Waals surface area contributed by atoms with E-state index in [0.717, 1.165) is 12.8 Å². The van der Waals surface area contributed by atoms with Crippen molar-refractivity contribution in [3.8, 4) is 0 Å². The quantitative estimate of drug-likeness (QED) is 0.482. The Kier molecular flexibility index (Phi) is 8.61. The Bertz CT molecular complexity index is 1120. The zero-order valence-electron chi connectivity index (χ0n) is 20.3. The summed E-state index contributed by atoms with van der Waals surface area (Å²) in [5, 5.41) is 5.67. The summed E-state index contributed by atoms with van der Waals surface area (Å²) in [6, 6.07) is 7.20. The van der Waals surface area contributed by atoms with Gasteiger partial charge in [0.2, 0.25) is 5.91 Å². The van der Waals surface area contributed by atoms with Crippen LogP contribution in [0.3, 0.4) is 0 Å². The molecule has 1 aliphatic carbocycles. The van der Waals surface area contributed by atoms with Gasteiger partial charge in [0, 0.05) is 31.4 Å². The van der Waals surface area contributed by atoms with Crippen molar-refractivity contribution in [2.45, 2.75) is 38.8 Å². The lowest BCUT2D eigenvalue weighted by Gasteiger charge is -2.32. The molecule has 4 rings (SSSR count). The second-order valence-corrected chi connectivity index (χ2v) is 11.1. The summed E-state index contributed by atoms with van der Waals surface area (Å²) >= 11 is 7.13. The number of rotatable bonds is 10. The second-order valence-electron chi connectivity index (χ2n) is 9.40. The molecular formula is C25H30ClFN4O4S. The minimum atomic E-state index is -0.636. The van der Waals surface area contributed by atoms with E-state index in [-0.39, 0.29) is 54.8 Å². The molecule has 2 N–H and O–H groups in total. The number of nitrogens with zero attached hydrogens (tertiary/aromatic N) is 2. The molecule has 2 fully saturated rings. The van der Waals surface area contributed by atoms with Gasteiger partial charge in [-0.1, -0.05) is 25.4 Å². The van der Waals surface area contributed by atoms with E-state index in [9.17, 15) is 18.8 Å². The Morgan fingerprint density at radius 1 is 1.28 bits per heavy atom. The van der Waals surface area contributed by atoms with Crippen LogP contribution in [0.5, 0.6) is 0 Å². The lowest BCUT2D eigenvalue weighted by molar-refractivity contribution is -0.125. The van der Waals surface area contributed by atoms with E-state index in [1.54, 1.807) is 18.2 Å². The number of morpholine rings is 1. The Balaban J connectivity index is 1.49. The number of thiophene rings is 1. The molecule has 1 atom stereocenters. The van der Waals surface area contributed by atoms with E-state index < -0.39 is 11.9 Å². The third kappa shape index (κ3) is 6.61. The van der Waals surface area contributed by atoms with Gasteiger partial charge in [-0.15, -0.1) is 11.3 Å². The SMILES string of the molecule is CC(C)CN(C1CC1)[C@@H](CNC(=O)c1ccc(Cl)s1)C(=O)Nc1ccc(N2CCOCC2=O)c(F)c1. The molecule has 194 valence electrons. The van der Waals surface area contributed by atoms with Crippen LogP contribution in [0.15, 0.2) is 30.3 Å². The van der Waals surface area contributed by atoms with E-state index in [4.69, 9.17) is 16.3 Å². The van der Waals surface area contributed by atoms with Gasteiger partial charge in [0.05, 0.1) is 21.5 Å². The lowest BCUT2D eigenvalue weighted by atomic mass is 10.1. The van der Waals surface area contributed by atoms with Crippen LogP contribution in [0.4, 0.5) is 15.8 Å². The molecule has 0 unspecified atom stereocenters. The van der Waals surface area contributed by atoms with E-state index in [2.05, 4.69) is 29.4 Å². The first-order chi connectivity index (χ1) is 17.2. The van der Waals surface area contributed by atoms with Crippen molar-refractivity contribution < 1.29 is 23.5 Å². The van der Waals surface area contributed by atoms with Gasteiger partial charge < -0.3 is 20.3 Å². The average molecular weight is 537 g/mol. The summed E-state index contributed by atoms with van der Waals surface area (Å²) in [6.45, 7) is 5.47. The molecule has 0 radical (unpaired) electrons. The summed E-state index contributed by atoms with van der Waals surface area (Å²) in [5.41, 5.74) is 0.433. The van der Waals surface area contributed by atoms with Crippen LogP contribution in [-0.2, 0) is 14.3 Å². The van der Waals surface area contributed by atoms with Gasteiger partial charge in [-0.2, -0.15) is 0 Å². The van der Waals surface area contributed by atoms with Crippen molar-refractivity contribution in [1.82, 2.24) is 10.2 Å². The Labute approximate surface area is 218 Å². The maximum atomic E-state index is 14.9. The van der Waals surface area contributed by atoms with Gasteiger partial charge in [-0.05, 0) is 49.1 Å². The molecule has 3 amide bonds. The monoisotopic (exact) mass is 536 g/mol. The average Bonchev–Trinajstić information content (AvgIpc) is 3.58. The number of nitrogens with one attached hydrogen (secondary N) is 2. The third-order valence-electron chi connectivity index (χ3n) is 6.04. The highest BCUT2D eigenvalue weighted by atomic mass is 35.5. The molecule has 36 heavy (non-hydrogen) atoms. The number of benzene rings is 1. The molecule has 1 aromatic heterocycles. The van der Waals surface area contributed by atoms with Crippen molar-refractivity contribution in [3.63, 3.8) is 0 Å². The minimum Gasteiger partial charge on any atom is -0.370 e. The fraction of sp³-hybridized carbons (Fsp3) is 0.480. The number of hydrogen-bond donors (Lipinski definition) is 2. The topological polar surface area (TPSA) is 91.0 Å². The van der Waals surface area contributed by atoms with Crippen LogP contribution in [0.25, 0.3) is 0 Å². The molecule has 0 bridgehead atoms. The molecule has 8 nitrogen and oxygen atoms in total. The zero-order chi connectivity index (χ0) is 25.8. The smallest absolute Gasteiger partial charge is 0.261 e. The van der Waals surface area contributed by atoms with Crippen LogP contribution in [-0.4, -0.2) is 67.6 Å². The predicted octanol–water partition coefficient (Wildman–Crippen LogP) is 3.76. The Morgan fingerprint density at radius 2 is 2.06 bits per heavy atom. The first-order valence-corrected chi connectivity index (χ1v) is 13.2. The molecule has 1 aliphatic heterocycles. The fourth-order valence-electron chi connectivity index (χ4n) is 4.23. The molecule has 1 saturated carbocycles. The van der Waals surface area contributed by atoms with Crippen LogP contribution in [0.2, 0.25) is 4.34 Å². The normalized spacial score (nSPS) is 16.9. The number of carbonyl (C=O) groups excluding carboxylic acids is 3. The minimum absolute atomic E-state index is 0.0874. The highest BCUT2D eigenvalue weighted by Gasteiger charge is 2.38. The Morgan fingerprint density at radius 3 is 2.67 bits per heavy atom. The molecule has 2 heterocycles. The summed E-state index contributed by atoms with van der Waals surface area (Å²) in [4.78, 5) is 42.1. The molecule has 2 aromatic rings. The number of amides is 3. The zero-order valence-corrected chi connectivity index (χ0v) is 21.8. The van der Waals surface area contributed by atoms with Crippen molar-refractivity contribution in [1.29, 1.82) is 0 Å². The molecule has 1 saturated heterocycles. The summed E-state index contributed by atoms with van der Waals surface area (Å²) < 4.78 is 20.5. The maximum absolute atomic E-state index is 14.9. The van der Waals surface area contributed by atoms with Crippen LogP contribution < -0.4 is 15.5 Å². The first-order valence-electron chi connectivity index (χ1n) is 12.0. The van der Waals surface area contributed by atoms with Crippen LogP contribution >= 0.6 is 22.9 Å². The van der Waals surface area contributed by atoms with Crippen LogP contribution in [0.1, 0.15) is 36.4 Å². The number of anilines is 2. The Hall–Kier alpha value is -2.53. The summed E-state index contributed by atoms with van der Waals surface area (Å²) in [5.74, 6) is -1.23. The van der Waals surface area contributed by atoms with Crippen molar-refractivity contribution >= 4 is 52.0 Å². The van der Waals surface area contributed by atoms with Crippen molar-refractivity contribution in [3.05, 3.63) is 45.4 Å². The lowest BCUT2D eigenvalue weighted by Crippen LogP contribution is -2.52. The summed E-state index contributed by atoms with van der Waals surface area (Å²) in [6.07, 6.45) is 1.98. The predicted molar refractivity (Wildman–Crippen MR) is 138 cm³/mol. The molecule has 0 spiro atoms. The largest absolute Gasteiger partial charge is 0.370 e. The van der Waals surface area contributed by atoms with Crippen LogP contribution in [0, 0.1) is 11.7 Å². The molecule has 1 aromatic carbocycles. The standard InChI is InChI=1S/C25H30ClFN4O4S/c1-15(2)13-31(17-4-5-17)20(12-28-25(34)21-7-8-22(26)36-21)24(33)29-16-3-6-19(18(27)11-16)30-9-10-35-14-23(30)32/h3,6-8,11,15,17,20H,4-5,9-10,12-14H2,1-2H3,(H,28,34)(H,29,33)/t20-/m0/s1. The van der Waals surface area contributed by atoms with Crippen molar-refractivity contribution in [2.24, 2.45) is 5.92 Å².